The number of hydrogen-bond donors (Lipinski definition) is 1. The van der Waals surface area contributed by atoms with E-state index in [-0.39, 0.29) is 5.56 Å². The first-order chi connectivity index (χ1) is 10.5. The van der Waals surface area contributed by atoms with Gasteiger partial charge in [-0.1, -0.05) is 30.3 Å². The number of rotatable bonds is 4. The molecule has 0 amide bonds. The van der Waals surface area contributed by atoms with Gasteiger partial charge in [0.25, 0.3) is 0 Å². The SMILES string of the molecule is C=N/C(=N\N(C)c1ccccc1C)c1cccc(C(=O)O)c1. The fourth-order valence-corrected chi connectivity index (χ4v) is 2.09. The molecule has 5 nitrogen and oxygen atoms in total. The second-order valence-corrected chi connectivity index (χ2v) is 4.78. The summed E-state index contributed by atoms with van der Waals surface area (Å²) >= 11 is 0. The number of nitrogens with zero attached hydrogens (tertiary/aromatic N) is 3. The van der Waals surface area contributed by atoms with Crippen LogP contribution in [0.1, 0.15) is 21.5 Å². The molecule has 0 radical (unpaired) electrons. The van der Waals surface area contributed by atoms with Crippen LogP contribution in [0.25, 0.3) is 0 Å². The smallest absolute Gasteiger partial charge is 0.335 e. The van der Waals surface area contributed by atoms with Crippen molar-refractivity contribution in [3.63, 3.8) is 0 Å². The molecule has 0 aliphatic carbocycles. The Kier molecular flexibility index (Phi) is 4.68. The molecule has 0 bridgehead atoms. The van der Waals surface area contributed by atoms with Gasteiger partial charge in [0.2, 0.25) is 0 Å². The van der Waals surface area contributed by atoms with Gasteiger partial charge in [-0.3, -0.25) is 5.01 Å². The van der Waals surface area contributed by atoms with Crippen molar-refractivity contribution >= 4 is 24.2 Å². The van der Waals surface area contributed by atoms with E-state index in [1.807, 2.05) is 38.2 Å². The van der Waals surface area contributed by atoms with Crippen LogP contribution in [-0.2, 0) is 0 Å². The highest BCUT2D eigenvalue weighted by Crippen LogP contribution is 2.19. The Balaban J connectivity index is 2.39. The molecule has 0 unspecified atom stereocenters. The molecule has 0 spiro atoms. The van der Waals surface area contributed by atoms with E-state index in [4.69, 9.17) is 5.11 Å². The number of amidine groups is 1. The Bertz CT molecular complexity index is 738. The molecule has 0 fully saturated rings. The van der Waals surface area contributed by atoms with Crippen LogP contribution in [-0.4, -0.2) is 30.7 Å². The number of carboxylic acids is 1. The van der Waals surface area contributed by atoms with E-state index in [1.165, 1.54) is 12.1 Å². The molecule has 0 saturated heterocycles. The van der Waals surface area contributed by atoms with Crippen LogP contribution in [0.2, 0.25) is 0 Å². The Labute approximate surface area is 129 Å². The number of carboxylic acid groups (broad SMARTS) is 1. The highest BCUT2D eigenvalue weighted by Gasteiger charge is 2.09. The zero-order chi connectivity index (χ0) is 16.1. The summed E-state index contributed by atoms with van der Waals surface area (Å²) in [6.45, 7) is 5.52. The summed E-state index contributed by atoms with van der Waals surface area (Å²) in [5.41, 5.74) is 2.82. The summed E-state index contributed by atoms with van der Waals surface area (Å²) in [5, 5.41) is 15.2. The van der Waals surface area contributed by atoms with Gasteiger partial charge < -0.3 is 5.11 Å². The minimum absolute atomic E-state index is 0.187. The lowest BCUT2D eigenvalue weighted by Crippen LogP contribution is -2.14. The van der Waals surface area contributed by atoms with E-state index in [1.54, 1.807) is 17.1 Å². The Morgan fingerprint density at radius 3 is 2.45 bits per heavy atom. The van der Waals surface area contributed by atoms with Crippen LogP contribution < -0.4 is 5.01 Å². The molecule has 0 heterocycles. The van der Waals surface area contributed by atoms with Gasteiger partial charge in [-0.15, -0.1) is 0 Å². The van der Waals surface area contributed by atoms with Crippen LogP contribution in [0, 0.1) is 6.92 Å². The topological polar surface area (TPSA) is 65.3 Å². The summed E-state index contributed by atoms with van der Waals surface area (Å²) < 4.78 is 0. The quantitative estimate of drug-likeness (QED) is 0.535. The van der Waals surface area contributed by atoms with E-state index in [9.17, 15) is 4.79 Å². The number of aliphatic imine (C=N–C) groups is 1. The van der Waals surface area contributed by atoms with Crippen molar-refractivity contribution in [1.29, 1.82) is 0 Å². The molecule has 0 aliphatic rings. The molecule has 2 aromatic rings. The summed E-state index contributed by atoms with van der Waals surface area (Å²) in [5.74, 6) is -0.619. The van der Waals surface area contributed by atoms with Crippen LogP contribution >= 0.6 is 0 Å². The van der Waals surface area contributed by atoms with Crippen LogP contribution in [0.15, 0.2) is 58.6 Å². The fourth-order valence-electron chi connectivity index (χ4n) is 2.09. The number of carbonyl (C=O) groups is 1. The summed E-state index contributed by atoms with van der Waals surface area (Å²) in [4.78, 5) is 15.0. The second kappa shape index (κ2) is 6.67. The molecule has 2 rings (SSSR count). The van der Waals surface area contributed by atoms with E-state index >= 15 is 0 Å². The number of aryl methyl sites for hydroxylation is 1. The first kappa shape index (κ1) is 15.4. The standard InChI is InChI=1S/C17H17N3O2/c1-12-7-4-5-10-15(12)20(3)19-16(18-2)13-8-6-9-14(11-13)17(21)22/h4-11H,2H2,1,3H3,(H,21,22)/b19-16-. The molecule has 2 aromatic carbocycles. The summed E-state index contributed by atoms with van der Waals surface area (Å²) in [6, 6.07) is 14.3. The first-order valence-electron chi connectivity index (χ1n) is 6.71. The summed E-state index contributed by atoms with van der Waals surface area (Å²) in [6.07, 6.45) is 0. The lowest BCUT2D eigenvalue weighted by atomic mass is 10.1. The van der Waals surface area contributed by atoms with E-state index in [2.05, 4.69) is 16.8 Å². The van der Waals surface area contributed by atoms with Crippen molar-refractivity contribution in [2.24, 2.45) is 10.1 Å². The number of benzene rings is 2. The van der Waals surface area contributed by atoms with Crippen molar-refractivity contribution < 1.29 is 9.90 Å². The molecular formula is C17H17N3O2. The number of para-hydroxylation sites is 1. The molecule has 1 N–H and O–H groups in total. The van der Waals surface area contributed by atoms with E-state index in [0.29, 0.717) is 11.4 Å². The maximum Gasteiger partial charge on any atom is 0.335 e. The summed E-state index contributed by atoms with van der Waals surface area (Å²) in [7, 11) is 1.81. The van der Waals surface area contributed by atoms with Gasteiger partial charge in [0, 0.05) is 12.6 Å². The first-order valence-corrected chi connectivity index (χ1v) is 6.71. The molecule has 0 aliphatic heterocycles. The predicted molar refractivity (Wildman–Crippen MR) is 89.1 cm³/mol. The largest absolute Gasteiger partial charge is 0.478 e. The molecule has 5 heteroatoms. The minimum Gasteiger partial charge on any atom is -0.478 e. The van der Waals surface area contributed by atoms with Gasteiger partial charge in [0.1, 0.15) is 0 Å². The van der Waals surface area contributed by atoms with Crippen LogP contribution in [0.3, 0.4) is 0 Å². The molecular weight excluding hydrogens is 278 g/mol. The van der Waals surface area contributed by atoms with Crippen molar-refractivity contribution in [1.82, 2.24) is 0 Å². The highest BCUT2D eigenvalue weighted by molar-refractivity contribution is 6.03. The molecule has 112 valence electrons. The number of hydrogen-bond acceptors (Lipinski definition) is 3. The normalized spacial score (nSPS) is 11.1. The average Bonchev–Trinajstić information content (AvgIpc) is 2.52. The Hall–Kier alpha value is -2.95. The zero-order valence-electron chi connectivity index (χ0n) is 12.5. The van der Waals surface area contributed by atoms with Crippen LogP contribution in [0.5, 0.6) is 0 Å². The third kappa shape index (κ3) is 3.38. The van der Waals surface area contributed by atoms with Gasteiger partial charge in [-0.25, -0.2) is 9.79 Å². The van der Waals surface area contributed by atoms with E-state index < -0.39 is 5.97 Å². The number of hydrazone groups is 1. The van der Waals surface area contributed by atoms with Crippen molar-refractivity contribution in [2.45, 2.75) is 6.92 Å². The minimum atomic E-state index is -0.988. The zero-order valence-corrected chi connectivity index (χ0v) is 12.5. The third-order valence-electron chi connectivity index (χ3n) is 3.23. The van der Waals surface area contributed by atoms with Gasteiger partial charge in [0.05, 0.1) is 11.3 Å². The van der Waals surface area contributed by atoms with Gasteiger partial charge >= 0.3 is 5.97 Å². The van der Waals surface area contributed by atoms with E-state index in [0.717, 1.165) is 11.3 Å². The monoisotopic (exact) mass is 295 g/mol. The lowest BCUT2D eigenvalue weighted by Gasteiger charge is -2.16. The Morgan fingerprint density at radius 1 is 1.14 bits per heavy atom. The van der Waals surface area contributed by atoms with Gasteiger partial charge in [-0.05, 0) is 37.4 Å². The molecule has 0 atom stereocenters. The van der Waals surface area contributed by atoms with Crippen molar-refractivity contribution in [3.8, 4) is 0 Å². The predicted octanol–water partition coefficient (Wildman–Crippen LogP) is 3.19. The average molecular weight is 295 g/mol. The maximum atomic E-state index is 11.1. The Morgan fingerprint density at radius 2 is 1.82 bits per heavy atom. The third-order valence-corrected chi connectivity index (χ3v) is 3.23. The van der Waals surface area contributed by atoms with Crippen LogP contribution in [0.4, 0.5) is 5.69 Å². The highest BCUT2D eigenvalue weighted by atomic mass is 16.4. The van der Waals surface area contributed by atoms with Crippen molar-refractivity contribution in [2.75, 3.05) is 12.1 Å². The fraction of sp³-hybridized carbons (Fsp3) is 0.118. The number of anilines is 1. The lowest BCUT2D eigenvalue weighted by molar-refractivity contribution is 0.0697. The molecule has 0 saturated carbocycles. The molecule has 0 aromatic heterocycles. The van der Waals surface area contributed by atoms with Gasteiger partial charge in [-0.2, -0.15) is 5.10 Å². The van der Waals surface area contributed by atoms with Gasteiger partial charge in [0.15, 0.2) is 5.84 Å². The maximum absolute atomic E-state index is 11.1. The number of aromatic carboxylic acids is 1. The molecule has 22 heavy (non-hydrogen) atoms. The van der Waals surface area contributed by atoms with Crippen molar-refractivity contribution in [3.05, 3.63) is 65.2 Å². The second-order valence-electron chi connectivity index (χ2n) is 4.78.